The molecule has 0 unspecified atom stereocenters. The van der Waals surface area contributed by atoms with Crippen molar-refractivity contribution in [1.82, 2.24) is 13.7 Å². The number of nitrogens with zero attached hydrogens (tertiary/aromatic N) is 3. The van der Waals surface area contributed by atoms with Crippen molar-refractivity contribution in [3.8, 4) is 17.1 Å². The van der Waals surface area contributed by atoms with Crippen LogP contribution in [-0.2, 0) is 0 Å². The van der Waals surface area contributed by atoms with Crippen molar-refractivity contribution >= 4 is 66.7 Å². The van der Waals surface area contributed by atoms with E-state index < -0.39 is 0 Å². The van der Waals surface area contributed by atoms with Crippen molar-refractivity contribution in [2.75, 3.05) is 0 Å². The lowest BCUT2D eigenvalue weighted by Gasteiger charge is -2.11. The Labute approximate surface area is 273 Å². The van der Waals surface area contributed by atoms with E-state index in [0.717, 1.165) is 22.8 Å². The molecule has 0 atom stereocenters. The number of aromatic nitrogens is 3. The lowest BCUT2D eigenvalue weighted by atomic mass is 10.1. The Kier molecular flexibility index (Phi) is 6.09. The van der Waals surface area contributed by atoms with Crippen molar-refractivity contribution in [3.05, 3.63) is 163 Å². The van der Waals surface area contributed by atoms with E-state index in [1.807, 2.05) is 6.08 Å². The highest BCUT2D eigenvalue weighted by molar-refractivity contribution is 6.13. The molecule has 0 amide bonds. The van der Waals surface area contributed by atoms with Crippen LogP contribution >= 0.6 is 0 Å². The molecular formula is C44H33N3. The quantitative estimate of drug-likeness (QED) is 0.186. The summed E-state index contributed by atoms with van der Waals surface area (Å²) in [6.45, 7) is 8.46. The number of hydrogen-bond donors (Lipinski definition) is 0. The van der Waals surface area contributed by atoms with Crippen LogP contribution in [0.2, 0.25) is 0 Å². The van der Waals surface area contributed by atoms with Gasteiger partial charge in [-0.25, -0.2) is 0 Å². The predicted octanol–water partition coefficient (Wildman–Crippen LogP) is 11.8. The highest BCUT2D eigenvalue weighted by Crippen LogP contribution is 2.39. The number of fused-ring (bicyclic) bond motifs is 7. The van der Waals surface area contributed by atoms with Crippen molar-refractivity contribution < 1.29 is 0 Å². The molecule has 3 nitrogen and oxygen atoms in total. The molecule has 47 heavy (non-hydrogen) atoms. The summed E-state index contributed by atoms with van der Waals surface area (Å²) in [5.74, 6) is 0. The van der Waals surface area contributed by atoms with E-state index in [4.69, 9.17) is 0 Å². The summed E-state index contributed by atoms with van der Waals surface area (Å²) in [4.78, 5) is 0. The van der Waals surface area contributed by atoms with E-state index in [-0.39, 0.29) is 0 Å². The first-order valence-corrected chi connectivity index (χ1v) is 16.2. The van der Waals surface area contributed by atoms with Gasteiger partial charge in [0.05, 0.1) is 33.3 Å². The first-order chi connectivity index (χ1) is 23.2. The maximum atomic E-state index is 4.25. The van der Waals surface area contributed by atoms with Crippen molar-refractivity contribution in [3.63, 3.8) is 0 Å². The fourth-order valence-electron chi connectivity index (χ4n) is 7.56. The van der Waals surface area contributed by atoms with Gasteiger partial charge in [0.15, 0.2) is 0 Å². The highest BCUT2D eigenvalue weighted by Gasteiger charge is 2.19. The summed E-state index contributed by atoms with van der Waals surface area (Å²) in [6.07, 6.45) is 6.28. The first kappa shape index (κ1) is 27.3. The molecule has 9 aromatic rings. The predicted molar refractivity (Wildman–Crippen MR) is 201 cm³/mol. The molecule has 3 aromatic heterocycles. The Morgan fingerprint density at radius 2 is 0.915 bits per heavy atom. The van der Waals surface area contributed by atoms with Gasteiger partial charge < -0.3 is 13.7 Å². The minimum absolute atomic E-state index is 1.09. The monoisotopic (exact) mass is 603 g/mol. The summed E-state index contributed by atoms with van der Waals surface area (Å²) in [6, 6.07) is 48.7. The normalized spacial score (nSPS) is 12.0. The van der Waals surface area contributed by atoms with Crippen LogP contribution in [0, 0.1) is 6.92 Å². The molecule has 0 saturated heterocycles. The summed E-state index contributed by atoms with van der Waals surface area (Å²) >= 11 is 0. The molecule has 0 bridgehead atoms. The fourth-order valence-corrected chi connectivity index (χ4v) is 7.56. The van der Waals surface area contributed by atoms with Gasteiger partial charge in [-0.2, -0.15) is 0 Å². The third-order valence-corrected chi connectivity index (χ3v) is 9.60. The Morgan fingerprint density at radius 3 is 1.47 bits per heavy atom. The molecule has 3 heteroatoms. The second-order valence-corrected chi connectivity index (χ2v) is 12.3. The van der Waals surface area contributed by atoms with Crippen molar-refractivity contribution in [2.24, 2.45) is 0 Å². The van der Waals surface area contributed by atoms with E-state index in [0.29, 0.717) is 0 Å². The molecule has 9 rings (SSSR count). The minimum atomic E-state index is 1.09. The largest absolute Gasteiger partial charge is 0.309 e. The Balaban J connectivity index is 1.37. The number of benzene rings is 6. The summed E-state index contributed by atoms with van der Waals surface area (Å²) in [7, 11) is 0. The molecule has 0 spiro atoms. The zero-order valence-electron chi connectivity index (χ0n) is 26.5. The topological polar surface area (TPSA) is 14.8 Å². The van der Waals surface area contributed by atoms with E-state index in [1.54, 1.807) is 0 Å². The third-order valence-electron chi connectivity index (χ3n) is 9.60. The second kappa shape index (κ2) is 10.5. The molecule has 0 N–H and O–H groups in total. The van der Waals surface area contributed by atoms with Crippen LogP contribution in [0.1, 0.15) is 23.7 Å². The number of para-hydroxylation sites is 3. The lowest BCUT2D eigenvalue weighted by Crippen LogP contribution is -1.98. The lowest BCUT2D eigenvalue weighted by molar-refractivity contribution is 1.11. The molecule has 0 aliphatic heterocycles. The first-order valence-electron chi connectivity index (χ1n) is 16.2. The number of rotatable bonds is 5. The van der Waals surface area contributed by atoms with Gasteiger partial charge in [-0.3, -0.25) is 0 Å². The molecule has 224 valence electrons. The average molecular weight is 604 g/mol. The van der Waals surface area contributed by atoms with Gasteiger partial charge in [-0.1, -0.05) is 91.0 Å². The molecule has 3 heterocycles. The van der Waals surface area contributed by atoms with E-state index in [2.05, 4.69) is 180 Å². The van der Waals surface area contributed by atoms with Crippen LogP contribution in [0.15, 0.2) is 146 Å². The Hall–Kier alpha value is -6.06. The van der Waals surface area contributed by atoms with E-state index in [1.165, 1.54) is 65.6 Å². The van der Waals surface area contributed by atoms with Crippen LogP contribution < -0.4 is 0 Å². The van der Waals surface area contributed by atoms with E-state index >= 15 is 0 Å². The maximum Gasteiger partial charge on any atom is 0.0542 e. The van der Waals surface area contributed by atoms with Crippen LogP contribution in [0.4, 0.5) is 0 Å². The summed E-state index contributed by atoms with van der Waals surface area (Å²) in [5, 5.41) is 6.17. The molecular weight excluding hydrogens is 571 g/mol. The van der Waals surface area contributed by atoms with Crippen molar-refractivity contribution in [1.29, 1.82) is 0 Å². The average Bonchev–Trinajstić information content (AvgIpc) is 3.74. The zero-order chi connectivity index (χ0) is 31.6. The van der Waals surface area contributed by atoms with Crippen molar-refractivity contribution in [2.45, 2.75) is 13.8 Å². The smallest absolute Gasteiger partial charge is 0.0542 e. The van der Waals surface area contributed by atoms with Crippen LogP contribution in [0.25, 0.3) is 83.7 Å². The number of hydrogen-bond acceptors (Lipinski definition) is 0. The maximum absolute atomic E-state index is 4.25. The summed E-state index contributed by atoms with van der Waals surface area (Å²) in [5.41, 5.74) is 12.9. The molecule has 0 radical (unpaired) electrons. The number of allylic oxidation sites excluding steroid dienone is 1. The van der Waals surface area contributed by atoms with Gasteiger partial charge in [0, 0.05) is 49.6 Å². The zero-order valence-corrected chi connectivity index (χ0v) is 26.5. The standard InChI is InChI=1S/C44H33N3/c1-4-12-33-34-13-6-9-16-40(34)46(39(33)5-2)31-23-25-43-37(27-31)38-28-32(24-26-44(38)45(43)30-21-19-29(3)20-22-30)47-41-17-10-7-14-35(41)36-15-8-11-18-42(36)47/h4-28H,2H2,1,3H3/b12-4-. The summed E-state index contributed by atoms with van der Waals surface area (Å²) < 4.78 is 7.15. The van der Waals surface area contributed by atoms with Gasteiger partial charge in [0.25, 0.3) is 0 Å². The minimum Gasteiger partial charge on any atom is -0.309 e. The van der Waals surface area contributed by atoms with Gasteiger partial charge in [-0.05, 0) is 86.7 Å². The van der Waals surface area contributed by atoms with Gasteiger partial charge in [-0.15, -0.1) is 0 Å². The Bertz CT molecular complexity index is 2660. The molecule has 6 aromatic carbocycles. The van der Waals surface area contributed by atoms with Gasteiger partial charge in [0.2, 0.25) is 0 Å². The van der Waals surface area contributed by atoms with Gasteiger partial charge >= 0.3 is 0 Å². The Morgan fingerprint density at radius 1 is 0.468 bits per heavy atom. The fraction of sp³-hybridized carbons (Fsp3) is 0.0455. The van der Waals surface area contributed by atoms with Crippen LogP contribution in [0.5, 0.6) is 0 Å². The molecule has 0 fully saturated rings. The number of aryl methyl sites for hydroxylation is 1. The molecule has 0 aliphatic rings. The highest BCUT2D eigenvalue weighted by atomic mass is 15.0. The molecule has 0 aliphatic carbocycles. The van der Waals surface area contributed by atoms with E-state index in [9.17, 15) is 0 Å². The second-order valence-electron chi connectivity index (χ2n) is 12.3. The van der Waals surface area contributed by atoms with Gasteiger partial charge in [0.1, 0.15) is 0 Å². The molecule has 0 saturated carbocycles. The van der Waals surface area contributed by atoms with Crippen LogP contribution in [-0.4, -0.2) is 13.7 Å². The SMILES string of the molecule is C=Cc1c(/C=C\C)c2ccccc2n1-c1ccc2c(c1)c1cc(-n3c4ccccc4c4ccccc43)ccc1n2-c1ccc(C)cc1. The van der Waals surface area contributed by atoms with Crippen LogP contribution in [0.3, 0.4) is 0 Å². The third kappa shape index (κ3) is 4.00.